The molecule has 1 aliphatic heterocycles. The van der Waals surface area contributed by atoms with Gasteiger partial charge in [0.1, 0.15) is 0 Å². The zero-order chi connectivity index (χ0) is 17.2. The number of nitrogens with one attached hydrogen (secondary N) is 2. The Bertz CT molecular complexity index is 569. The van der Waals surface area contributed by atoms with Gasteiger partial charge >= 0.3 is 0 Å². The van der Waals surface area contributed by atoms with Crippen molar-refractivity contribution in [2.45, 2.75) is 45.2 Å². The molecule has 0 aliphatic carbocycles. The molecule has 2 rings (SSSR count). The summed E-state index contributed by atoms with van der Waals surface area (Å²) in [7, 11) is 1.81. The van der Waals surface area contributed by atoms with Gasteiger partial charge in [-0.25, -0.2) is 0 Å². The van der Waals surface area contributed by atoms with Crippen LogP contribution < -0.4 is 16.2 Å². The van der Waals surface area contributed by atoms with E-state index >= 15 is 0 Å². The second-order valence-corrected chi connectivity index (χ2v) is 6.24. The van der Waals surface area contributed by atoms with Crippen molar-refractivity contribution in [2.75, 3.05) is 33.2 Å². The first-order chi connectivity index (χ1) is 11.7. The predicted molar refractivity (Wildman–Crippen MR) is 99.6 cm³/mol. The van der Waals surface area contributed by atoms with E-state index in [1.54, 1.807) is 16.7 Å². The molecule has 0 aromatic carbocycles. The maximum atomic E-state index is 11.6. The van der Waals surface area contributed by atoms with Crippen molar-refractivity contribution < 1.29 is 0 Å². The minimum absolute atomic E-state index is 0.0694. The van der Waals surface area contributed by atoms with Crippen LogP contribution in [0.15, 0.2) is 34.2 Å². The molecule has 1 aromatic rings. The molecule has 1 saturated heterocycles. The van der Waals surface area contributed by atoms with Crippen molar-refractivity contribution in [3.8, 4) is 0 Å². The van der Waals surface area contributed by atoms with Crippen molar-refractivity contribution in [1.82, 2.24) is 20.1 Å². The Labute approximate surface area is 145 Å². The van der Waals surface area contributed by atoms with Crippen LogP contribution in [-0.2, 0) is 6.54 Å². The Morgan fingerprint density at radius 2 is 2.21 bits per heavy atom. The highest BCUT2D eigenvalue weighted by Crippen LogP contribution is 2.15. The summed E-state index contributed by atoms with van der Waals surface area (Å²) in [4.78, 5) is 18.4. The molecule has 1 aliphatic rings. The molecule has 1 atom stereocenters. The molecular formula is C18H31N5O. The molecule has 0 spiro atoms. The number of nitrogens with zero attached hydrogens (tertiary/aromatic N) is 3. The van der Waals surface area contributed by atoms with E-state index in [9.17, 15) is 4.79 Å². The molecule has 0 bridgehead atoms. The second-order valence-electron chi connectivity index (χ2n) is 6.24. The van der Waals surface area contributed by atoms with Crippen LogP contribution in [0.2, 0.25) is 0 Å². The minimum atomic E-state index is 0.0694. The lowest BCUT2D eigenvalue weighted by Gasteiger charge is -2.24. The van der Waals surface area contributed by atoms with E-state index < -0.39 is 0 Å². The summed E-state index contributed by atoms with van der Waals surface area (Å²) in [6.45, 7) is 7.14. The number of aryl methyl sites for hydroxylation is 1. The summed E-state index contributed by atoms with van der Waals surface area (Å²) in [5.74, 6) is 0.870. The molecule has 0 radical (unpaired) electrons. The zero-order valence-corrected chi connectivity index (χ0v) is 15.0. The quantitative estimate of drug-likeness (QED) is 0.427. The SMILES string of the molecule is CCN1CCCC1CNC(=NC)NCCCCn1ccccc1=O. The van der Waals surface area contributed by atoms with Crippen LogP contribution in [0.3, 0.4) is 0 Å². The van der Waals surface area contributed by atoms with Crippen LogP contribution in [-0.4, -0.2) is 54.7 Å². The summed E-state index contributed by atoms with van der Waals surface area (Å²) >= 11 is 0. The third-order valence-electron chi connectivity index (χ3n) is 4.65. The predicted octanol–water partition coefficient (Wildman–Crippen LogP) is 1.28. The van der Waals surface area contributed by atoms with E-state index in [1.807, 2.05) is 19.3 Å². The average molecular weight is 333 g/mol. The Morgan fingerprint density at radius 1 is 1.33 bits per heavy atom. The summed E-state index contributed by atoms with van der Waals surface area (Å²) in [5, 5.41) is 6.80. The monoisotopic (exact) mass is 333 g/mol. The Kier molecular flexibility index (Phi) is 7.82. The van der Waals surface area contributed by atoms with Gasteiger partial charge < -0.3 is 15.2 Å². The number of likely N-dealkylation sites (N-methyl/N-ethyl adjacent to an activating group) is 1. The van der Waals surface area contributed by atoms with Crippen molar-refractivity contribution in [1.29, 1.82) is 0 Å². The van der Waals surface area contributed by atoms with Crippen LogP contribution in [0, 0.1) is 0 Å². The highest BCUT2D eigenvalue weighted by Gasteiger charge is 2.22. The van der Waals surface area contributed by atoms with Gasteiger partial charge in [-0.1, -0.05) is 13.0 Å². The first-order valence-electron chi connectivity index (χ1n) is 9.08. The summed E-state index contributed by atoms with van der Waals surface area (Å²) in [6, 6.07) is 5.90. The molecule has 2 heterocycles. The van der Waals surface area contributed by atoms with Crippen LogP contribution in [0.4, 0.5) is 0 Å². The number of hydrogen-bond acceptors (Lipinski definition) is 3. The largest absolute Gasteiger partial charge is 0.356 e. The van der Waals surface area contributed by atoms with Crippen molar-refractivity contribution in [2.24, 2.45) is 4.99 Å². The average Bonchev–Trinajstić information content (AvgIpc) is 3.06. The van der Waals surface area contributed by atoms with Gasteiger partial charge in [0.05, 0.1) is 0 Å². The third kappa shape index (κ3) is 5.67. The summed E-state index contributed by atoms with van der Waals surface area (Å²) < 4.78 is 1.76. The van der Waals surface area contributed by atoms with Crippen LogP contribution in [0.1, 0.15) is 32.6 Å². The second kappa shape index (κ2) is 10.1. The number of guanidine groups is 1. The number of aliphatic imine (C=N–C) groups is 1. The van der Waals surface area contributed by atoms with Crippen LogP contribution >= 0.6 is 0 Å². The van der Waals surface area contributed by atoms with E-state index in [1.165, 1.54) is 19.4 Å². The van der Waals surface area contributed by atoms with Crippen LogP contribution in [0.5, 0.6) is 0 Å². The van der Waals surface area contributed by atoms with Gasteiger partial charge in [-0.3, -0.25) is 14.7 Å². The van der Waals surface area contributed by atoms with Crippen molar-refractivity contribution in [3.05, 3.63) is 34.7 Å². The topological polar surface area (TPSA) is 61.7 Å². The molecule has 134 valence electrons. The van der Waals surface area contributed by atoms with Crippen LogP contribution in [0.25, 0.3) is 0 Å². The fourth-order valence-corrected chi connectivity index (χ4v) is 3.24. The lowest BCUT2D eigenvalue weighted by Crippen LogP contribution is -2.45. The van der Waals surface area contributed by atoms with E-state index in [0.717, 1.165) is 45.0 Å². The zero-order valence-electron chi connectivity index (χ0n) is 15.0. The lowest BCUT2D eigenvalue weighted by atomic mass is 10.2. The highest BCUT2D eigenvalue weighted by molar-refractivity contribution is 5.79. The van der Waals surface area contributed by atoms with Gasteiger partial charge in [-0.2, -0.15) is 0 Å². The third-order valence-corrected chi connectivity index (χ3v) is 4.65. The molecule has 6 heteroatoms. The number of hydrogen-bond donors (Lipinski definition) is 2. The molecule has 1 aromatic heterocycles. The lowest BCUT2D eigenvalue weighted by molar-refractivity contribution is 0.267. The molecule has 2 N–H and O–H groups in total. The van der Waals surface area contributed by atoms with E-state index in [4.69, 9.17) is 0 Å². The van der Waals surface area contributed by atoms with Gasteiger partial charge in [-0.05, 0) is 44.8 Å². The fourth-order valence-electron chi connectivity index (χ4n) is 3.24. The smallest absolute Gasteiger partial charge is 0.250 e. The van der Waals surface area contributed by atoms with Gasteiger partial charge in [0.2, 0.25) is 5.56 Å². The maximum absolute atomic E-state index is 11.6. The van der Waals surface area contributed by atoms with Crippen molar-refractivity contribution >= 4 is 5.96 Å². The van der Waals surface area contributed by atoms with E-state index in [0.29, 0.717) is 6.04 Å². The molecule has 0 saturated carbocycles. The standard InChI is InChI=1S/C18H31N5O/c1-3-22-14-8-9-16(22)15-21-18(19-2)20-11-5-7-13-23-12-6-4-10-17(23)24/h4,6,10,12,16H,3,5,7-9,11,13-15H2,1-2H3,(H2,19,20,21). The molecule has 24 heavy (non-hydrogen) atoms. The van der Waals surface area contributed by atoms with E-state index in [-0.39, 0.29) is 5.56 Å². The van der Waals surface area contributed by atoms with Gasteiger partial charge in [-0.15, -0.1) is 0 Å². The Hall–Kier alpha value is -1.82. The number of rotatable bonds is 8. The normalized spacial score (nSPS) is 18.8. The Morgan fingerprint density at radius 3 is 2.96 bits per heavy atom. The summed E-state index contributed by atoms with van der Waals surface area (Å²) in [6.07, 6.45) is 6.39. The first kappa shape index (κ1) is 18.5. The molecular weight excluding hydrogens is 302 g/mol. The van der Waals surface area contributed by atoms with Gasteiger partial charge in [0, 0.05) is 45.0 Å². The fraction of sp³-hybridized carbons (Fsp3) is 0.667. The molecule has 0 amide bonds. The highest BCUT2D eigenvalue weighted by atomic mass is 16.1. The molecule has 1 unspecified atom stereocenters. The number of likely N-dealkylation sites (tertiary alicyclic amines) is 1. The Balaban J connectivity index is 1.61. The number of aromatic nitrogens is 1. The van der Waals surface area contributed by atoms with Gasteiger partial charge in [0.25, 0.3) is 0 Å². The van der Waals surface area contributed by atoms with E-state index in [2.05, 4.69) is 27.4 Å². The molecule has 6 nitrogen and oxygen atoms in total. The maximum Gasteiger partial charge on any atom is 0.250 e. The van der Waals surface area contributed by atoms with Gasteiger partial charge in [0.15, 0.2) is 5.96 Å². The van der Waals surface area contributed by atoms with Crippen molar-refractivity contribution in [3.63, 3.8) is 0 Å². The first-order valence-corrected chi connectivity index (χ1v) is 9.08. The minimum Gasteiger partial charge on any atom is -0.356 e. The number of pyridine rings is 1. The number of unbranched alkanes of at least 4 members (excludes halogenated alkanes) is 1. The molecule has 1 fully saturated rings. The summed E-state index contributed by atoms with van der Waals surface area (Å²) in [5.41, 5.74) is 0.0694.